The molecule has 6 aliphatic heterocycles. The van der Waals surface area contributed by atoms with Gasteiger partial charge in [0, 0.05) is 37.4 Å². The molecule has 0 saturated carbocycles. The number of hydrogen-bond acceptors (Lipinski definition) is 6. The number of hydrogen-bond donors (Lipinski definition) is 2. The summed E-state index contributed by atoms with van der Waals surface area (Å²) in [7, 11) is 0. The Morgan fingerprint density at radius 1 is 0.958 bits per heavy atom. The molecule has 6 heterocycles. The zero-order valence-corrected chi connectivity index (χ0v) is 27.7. The molecule has 254 valence electrons. The fraction of sp³-hybridized carbons (Fsp3) is 0.543. The molecule has 1 spiro atoms. The van der Waals surface area contributed by atoms with Crippen LogP contribution in [-0.2, 0) is 35.2 Å². The molecule has 4 saturated heterocycles. The largest absolute Gasteiger partial charge is 0.368 e. The normalized spacial score (nSPS) is 32.7. The Hall–Kier alpha value is -4.19. The molecule has 6 amide bonds. The molecule has 0 aliphatic carbocycles. The van der Waals surface area contributed by atoms with Gasteiger partial charge in [0.15, 0.2) is 0 Å². The second-order valence-corrected chi connectivity index (χ2v) is 14.3. The maximum Gasteiger partial charge on any atom is 0.253 e. The lowest BCUT2D eigenvalue weighted by molar-refractivity contribution is -0.157. The summed E-state index contributed by atoms with van der Waals surface area (Å²) < 4.78 is 0. The third-order valence-corrected chi connectivity index (χ3v) is 11.6. The fourth-order valence-electron chi connectivity index (χ4n) is 9.01. The van der Waals surface area contributed by atoms with Crippen molar-refractivity contribution < 1.29 is 28.8 Å². The van der Waals surface area contributed by atoms with Crippen molar-refractivity contribution in [1.29, 1.82) is 0 Å². The van der Waals surface area contributed by atoms with Gasteiger partial charge < -0.3 is 30.7 Å². The molecule has 13 heteroatoms. The Balaban J connectivity index is 1.14. The molecule has 0 aromatic heterocycles. The smallest absolute Gasteiger partial charge is 0.253 e. The summed E-state index contributed by atoms with van der Waals surface area (Å²) >= 11 is 6.41. The first-order valence-corrected chi connectivity index (χ1v) is 17.3. The van der Waals surface area contributed by atoms with Crippen molar-refractivity contribution in [2.45, 2.75) is 100 Å². The quantitative estimate of drug-likeness (QED) is 0.434. The van der Waals surface area contributed by atoms with Gasteiger partial charge in [0.25, 0.3) is 5.91 Å². The maximum absolute atomic E-state index is 14.7. The second kappa shape index (κ2) is 12.4. The van der Waals surface area contributed by atoms with Gasteiger partial charge in [-0.2, -0.15) is 0 Å². The van der Waals surface area contributed by atoms with E-state index in [2.05, 4.69) is 5.32 Å². The Kier molecular flexibility index (Phi) is 8.33. The van der Waals surface area contributed by atoms with Crippen molar-refractivity contribution >= 4 is 47.0 Å². The van der Waals surface area contributed by atoms with Crippen molar-refractivity contribution in [2.24, 2.45) is 11.7 Å². The van der Waals surface area contributed by atoms with Crippen LogP contribution in [0.15, 0.2) is 48.6 Å². The van der Waals surface area contributed by atoms with E-state index < -0.39 is 35.6 Å². The average Bonchev–Trinajstić information content (AvgIpc) is 3.85. The van der Waals surface area contributed by atoms with Crippen molar-refractivity contribution in [3.05, 3.63) is 59.2 Å². The van der Waals surface area contributed by atoms with E-state index in [0.29, 0.717) is 68.6 Å². The number of primary amides is 1. The van der Waals surface area contributed by atoms with Gasteiger partial charge in [-0.15, -0.1) is 0 Å². The molecule has 1 aromatic carbocycles. The number of nitrogens with one attached hydrogen (secondary N) is 1. The highest BCUT2D eigenvalue weighted by Gasteiger charge is 2.58. The van der Waals surface area contributed by atoms with Crippen LogP contribution in [0.4, 0.5) is 0 Å². The SMILES string of the molecule is CC(=O)N[C@@H](Cc1ccccc1Cl)C(=O)N1CCC[C@]12C=C[C@@H]1CC[C@@H](C(=O)N3CC[C@@H]4C=C[C@H]5CC[C@@H](C(N)=O)N5C(=O)[C@H]43)N1C2=O. The number of carbonyl (C=O) groups excluding carboxylic acids is 6. The van der Waals surface area contributed by atoms with Gasteiger partial charge in [-0.3, -0.25) is 28.8 Å². The number of rotatable bonds is 6. The molecular formula is C35H41ClN6O6. The van der Waals surface area contributed by atoms with Crippen molar-refractivity contribution in [3.8, 4) is 0 Å². The molecule has 1 aromatic rings. The summed E-state index contributed by atoms with van der Waals surface area (Å²) in [5, 5.41) is 3.25. The van der Waals surface area contributed by atoms with E-state index in [1.807, 2.05) is 30.4 Å². The molecule has 0 unspecified atom stereocenters. The van der Waals surface area contributed by atoms with Gasteiger partial charge in [-0.25, -0.2) is 0 Å². The van der Waals surface area contributed by atoms with Gasteiger partial charge in [0.05, 0.1) is 12.1 Å². The summed E-state index contributed by atoms with van der Waals surface area (Å²) in [6.07, 6.45) is 11.6. The van der Waals surface area contributed by atoms with Crippen LogP contribution in [0.1, 0.15) is 57.4 Å². The van der Waals surface area contributed by atoms with Gasteiger partial charge in [-0.1, -0.05) is 54.1 Å². The van der Waals surface area contributed by atoms with E-state index in [0.717, 1.165) is 0 Å². The Morgan fingerprint density at radius 3 is 2.42 bits per heavy atom. The summed E-state index contributed by atoms with van der Waals surface area (Å²) in [5.41, 5.74) is 5.08. The van der Waals surface area contributed by atoms with Crippen LogP contribution in [0, 0.1) is 5.92 Å². The third-order valence-electron chi connectivity index (χ3n) is 11.2. The van der Waals surface area contributed by atoms with Crippen LogP contribution in [0.3, 0.4) is 0 Å². The minimum absolute atomic E-state index is 0.157. The van der Waals surface area contributed by atoms with Crippen LogP contribution < -0.4 is 11.1 Å². The first-order chi connectivity index (χ1) is 23.0. The number of amides is 6. The average molecular weight is 677 g/mol. The summed E-state index contributed by atoms with van der Waals surface area (Å²) in [4.78, 5) is 88.2. The molecule has 0 bridgehead atoms. The molecule has 48 heavy (non-hydrogen) atoms. The first kappa shape index (κ1) is 32.4. The summed E-state index contributed by atoms with van der Waals surface area (Å²) in [6, 6.07) is 3.37. The van der Waals surface area contributed by atoms with E-state index in [1.54, 1.807) is 37.8 Å². The molecule has 0 radical (unpaired) electrons. The molecule has 3 N–H and O–H groups in total. The Labute approximate surface area is 284 Å². The highest BCUT2D eigenvalue weighted by molar-refractivity contribution is 6.31. The molecule has 7 rings (SSSR count). The lowest BCUT2D eigenvalue weighted by atomic mass is 9.88. The van der Waals surface area contributed by atoms with Crippen molar-refractivity contribution in [2.75, 3.05) is 13.1 Å². The number of likely N-dealkylation sites (tertiary alicyclic amines) is 2. The van der Waals surface area contributed by atoms with Gasteiger partial charge in [0.1, 0.15) is 29.7 Å². The Morgan fingerprint density at radius 2 is 1.69 bits per heavy atom. The van der Waals surface area contributed by atoms with Gasteiger partial charge in [0.2, 0.25) is 29.5 Å². The monoisotopic (exact) mass is 676 g/mol. The van der Waals surface area contributed by atoms with Gasteiger partial charge >= 0.3 is 0 Å². The Bertz CT molecular complexity index is 1630. The molecule has 12 nitrogen and oxygen atoms in total. The molecule has 6 aliphatic rings. The third kappa shape index (κ3) is 5.19. The fourth-order valence-corrected chi connectivity index (χ4v) is 9.22. The number of halogens is 1. The van der Waals surface area contributed by atoms with E-state index in [4.69, 9.17) is 17.3 Å². The summed E-state index contributed by atoms with van der Waals surface area (Å²) in [5.74, 6) is -2.37. The molecule has 8 atom stereocenters. The number of fused-ring (bicyclic) bond motifs is 3. The lowest BCUT2D eigenvalue weighted by Crippen LogP contribution is -2.65. The number of nitrogens with zero attached hydrogens (tertiary/aromatic N) is 4. The minimum atomic E-state index is -1.29. The van der Waals surface area contributed by atoms with Gasteiger partial charge in [-0.05, 0) is 56.6 Å². The van der Waals surface area contributed by atoms with Crippen LogP contribution in [-0.4, -0.2) is 110 Å². The van der Waals surface area contributed by atoms with E-state index in [1.165, 1.54) is 6.92 Å². The lowest BCUT2D eigenvalue weighted by Gasteiger charge is -2.45. The number of benzene rings is 1. The number of nitrogens with two attached hydrogens (primary N) is 1. The minimum Gasteiger partial charge on any atom is -0.368 e. The van der Waals surface area contributed by atoms with E-state index >= 15 is 0 Å². The first-order valence-electron chi connectivity index (χ1n) is 17.0. The molecular weight excluding hydrogens is 636 g/mol. The second-order valence-electron chi connectivity index (χ2n) is 13.9. The molecule has 4 fully saturated rings. The zero-order valence-electron chi connectivity index (χ0n) is 26.9. The van der Waals surface area contributed by atoms with Crippen molar-refractivity contribution in [1.82, 2.24) is 24.9 Å². The van der Waals surface area contributed by atoms with Crippen LogP contribution in [0.25, 0.3) is 0 Å². The standard InChI is InChI=1S/C35H41ClN6O6/c1-20(43)38-26(19-22-5-2-3-6-25(22)36)31(45)40-17-4-15-35(40)16-13-24-10-12-28(42(24)34(35)48)32(46)39-18-14-21-7-8-23-9-11-27(30(37)44)41(23)33(47)29(21)39/h2-3,5-8,13,16,21,23-24,26-29H,4,9-12,14-15,17-19H2,1H3,(H2,37,44)(H,38,43)/t21-,23-,24-,26-,27-,28-,29-,35+/m0/s1. The maximum atomic E-state index is 14.7. The highest BCUT2D eigenvalue weighted by atomic mass is 35.5. The summed E-state index contributed by atoms with van der Waals surface area (Å²) in [6.45, 7) is 2.03. The van der Waals surface area contributed by atoms with Crippen molar-refractivity contribution in [3.63, 3.8) is 0 Å². The van der Waals surface area contributed by atoms with Crippen LogP contribution in [0.2, 0.25) is 5.02 Å². The van der Waals surface area contributed by atoms with Crippen LogP contribution >= 0.6 is 11.6 Å². The predicted molar refractivity (Wildman–Crippen MR) is 175 cm³/mol. The van der Waals surface area contributed by atoms with Crippen LogP contribution in [0.5, 0.6) is 0 Å². The highest BCUT2D eigenvalue weighted by Crippen LogP contribution is 2.43. The number of carbonyl (C=O) groups is 6. The van der Waals surface area contributed by atoms with E-state index in [9.17, 15) is 28.8 Å². The van der Waals surface area contributed by atoms with E-state index in [-0.39, 0.29) is 54.0 Å². The topological polar surface area (TPSA) is 153 Å². The zero-order chi connectivity index (χ0) is 33.9. The predicted octanol–water partition coefficient (Wildman–Crippen LogP) is 1.31.